The van der Waals surface area contributed by atoms with Crippen molar-refractivity contribution in [3.8, 4) is 5.75 Å². The number of hydrogen-bond acceptors (Lipinski definition) is 5. The number of nitrogen functional groups attached to an aromatic ring is 1. The first kappa shape index (κ1) is 21.4. The Bertz CT molecular complexity index is 861. The number of rotatable bonds is 5. The lowest BCUT2D eigenvalue weighted by molar-refractivity contribution is 0.0528. The van der Waals surface area contributed by atoms with E-state index in [1.54, 1.807) is 32.9 Å². The van der Waals surface area contributed by atoms with Crippen LogP contribution in [-0.4, -0.2) is 29.3 Å². The molecule has 0 unspecified atom stereocenters. The standard InChI is InChI=1S/C20H24ClN3O4/c1-20(2,3)28-19(27)23-11-10-12-4-6-13(7-5-12)24-18(26)16-14(21)8-9-15(22)17(16)25/h4-9,25H,10-11,22H2,1-3H3,(H,23,27)(H,24,26). The van der Waals surface area contributed by atoms with Gasteiger partial charge < -0.3 is 26.2 Å². The molecule has 0 aromatic heterocycles. The Morgan fingerprint density at radius 3 is 2.39 bits per heavy atom. The van der Waals surface area contributed by atoms with Gasteiger partial charge in [0.2, 0.25) is 0 Å². The van der Waals surface area contributed by atoms with Crippen LogP contribution < -0.4 is 16.4 Å². The van der Waals surface area contributed by atoms with Crippen molar-refractivity contribution >= 4 is 35.0 Å². The fourth-order valence-electron chi connectivity index (χ4n) is 2.37. The van der Waals surface area contributed by atoms with Crippen LogP contribution >= 0.6 is 11.6 Å². The minimum atomic E-state index is -0.561. The highest BCUT2D eigenvalue weighted by Crippen LogP contribution is 2.31. The van der Waals surface area contributed by atoms with E-state index in [9.17, 15) is 14.7 Å². The minimum absolute atomic E-state index is 0.0717. The fourth-order valence-corrected chi connectivity index (χ4v) is 2.61. The van der Waals surface area contributed by atoms with E-state index >= 15 is 0 Å². The van der Waals surface area contributed by atoms with Gasteiger partial charge in [0.25, 0.3) is 5.91 Å². The maximum absolute atomic E-state index is 12.4. The molecular formula is C20H24ClN3O4. The van der Waals surface area contributed by atoms with Crippen molar-refractivity contribution in [2.45, 2.75) is 32.8 Å². The largest absolute Gasteiger partial charge is 0.505 e. The molecule has 28 heavy (non-hydrogen) atoms. The second kappa shape index (κ2) is 8.84. The number of nitrogens with two attached hydrogens (primary N) is 1. The Hall–Kier alpha value is -2.93. The fraction of sp³-hybridized carbons (Fsp3) is 0.300. The molecule has 5 N–H and O–H groups in total. The number of nitrogens with one attached hydrogen (secondary N) is 2. The highest BCUT2D eigenvalue weighted by molar-refractivity contribution is 6.35. The number of aromatic hydroxyl groups is 1. The number of alkyl carbamates (subject to hydrolysis) is 1. The Morgan fingerprint density at radius 2 is 1.79 bits per heavy atom. The molecule has 8 heteroatoms. The number of carbonyl (C=O) groups is 2. The van der Waals surface area contributed by atoms with Gasteiger partial charge in [-0.2, -0.15) is 0 Å². The summed E-state index contributed by atoms with van der Waals surface area (Å²) in [7, 11) is 0. The molecule has 2 amide bonds. The first-order chi connectivity index (χ1) is 13.1. The molecule has 150 valence electrons. The lowest BCUT2D eigenvalue weighted by Crippen LogP contribution is -2.33. The number of phenolic OH excluding ortho intramolecular Hbond substituents is 1. The summed E-state index contributed by atoms with van der Waals surface area (Å²) < 4.78 is 5.17. The van der Waals surface area contributed by atoms with E-state index in [2.05, 4.69) is 10.6 Å². The molecule has 2 rings (SSSR count). The molecule has 2 aromatic rings. The van der Waals surface area contributed by atoms with Gasteiger partial charge >= 0.3 is 6.09 Å². The van der Waals surface area contributed by atoms with Crippen LogP contribution in [0.2, 0.25) is 5.02 Å². The number of phenols is 1. The molecule has 0 bridgehead atoms. The van der Waals surface area contributed by atoms with Gasteiger partial charge in [-0.1, -0.05) is 23.7 Å². The van der Waals surface area contributed by atoms with Crippen molar-refractivity contribution in [3.05, 3.63) is 52.5 Å². The summed E-state index contributed by atoms with van der Waals surface area (Å²) in [5.74, 6) is -0.913. The van der Waals surface area contributed by atoms with Gasteiger partial charge in [-0.05, 0) is 57.0 Å². The zero-order chi connectivity index (χ0) is 20.9. The smallest absolute Gasteiger partial charge is 0.407 e. The van der Waals surface area contributed by atoms with Crippen LogP contribution in [0.1, 0.15) is 36.7 Å². The van der Waals surface area contributed by atoms with Crippen molar-refractivity contribution < 1.29 is 19.4 Å². The molecule has 0 aliphatic heterocycles. The van der Waals surface area contributed by atoms with Crippen molar-refractivity contribution in [2.24, 2.45) is 0 Å². The van der Waals surface area contributed by atoms with Crippen LogP contribution in [0.3, 0.4) is 0 Å². The monoisotopic (exact) mass is 405 g/mol. The van der Waals surface area contributed by atoms with Crippen molar-refractivity contribution in [1.29, 1.82) is 0 Å². The van der Waals surface area contributed by atoms with Crippen molar-refractivity contribution in [3.63, 3.8) is 0 Å². The molecule has 0 fully saturated rings. The number of hydrogen-bond donors (Lipinski definition) is 4. The predicted octanol–water partition coefficient (Wildman–Crippen LogP) is 3.95. The van der Waals surface area contributed by atoms with Crippen LogP contribution in [0.15, 0.2) is 36.4 Å². The Balaban J connectivity index is 1.92. The Kier molecular flexibility index (Phi) is 6.75. The highest BCUT2D eigenvalue weighted by atomic mass is 35.5. The highest BCUT2D eigenvalue weighted by Gasteiger charge is 2.18. The maximum Gasteiger partial charge on any atom is 0.407 e. The average molecular weight is 406 g/mol. The first-order valence-electron chi connectivity index (χ1n) is 8.71. The van der Waals surface area contributed by atoms with Crippen LogP contribution in [0.25, 0.3) is 0 Å². The first-order valence-corrected chi connectivity index (χ1v) is 9.08. The molecule has 0 aliphatic carbocycles. The Labute approximate surface area is 168 Å². The number of benzene rings is 2. The zero-order valence-corrected chi connectivity index (χ0v) is 16.8. The lowest BCUT2D eigenvalue weighted by atomic mass is 10.1. The molecule has 0 heterocycles. The summed E-state index contributed by atoms with van der Waals surface area (Å²) in [6, 6.07) is 9.97. The van der Waals surface area contributed by atoms with Gasteiger partial charge in [-0.15, -0.1) is 0 Å². The summed E-state index contributed by atoms with van der Waals surface area (Å²) in [6.45, 7) is 5.83. The van der Waals surface area contributed by atoms with Crippen LogP contribution in [0.4, 0.5) is 16.2 Å². The summed E-state index contributed by atoms with van der Waals surface area (Å²) in [5, 5.41) is 15.4. The zero-order valence-electron chi connectivity index (χ0n) is 16.0. The van der Waals surface area contributed by atoms with E-state index in [0.29, 0.717) is 18.7 Å². The van der Waals surface area contributed by atoms with Gasteiger partial charge in [0.1, 0.15) is 11.2 Å². The van der Waals surface area contributed by atoms with E-state index in [1.165, 1.54) is 12.1 Å². The normalized spacial score (nSPS) is 11.0. The molecule has 0 spiro atoms. The summed E-state index contributed by atoms with van der Waals surface area (Å²) in [6.07, 6.45) is 0.144. The molecule has 0 aliphatic rings. The minimum Gasteiger partial charge on any atom is -0.505 e. The van der Waals surface area contributed by atoms with Crippen molar-refractivity contribution in [2.75, 3.05) is 17.6 Å². The van der Waals surface area contributed by atoms with Crippen LogP contribution in [0.5, 0.6) is 5.75 Å². The summed E-state index contributed by atoms with van der Waals surface area (Å²) in [4.78, 5) is 24.0. The van der Waals surface area contributed by atoms with E-state index in [0.717, 1.165) is 5.56 Å². The topological polar surface area (TPSA) is 114 Å². The third-order valence-electron chi connectivity index (χ3n) is 3.68. The van der Waals surface area contributed by atoms with E-state index < -0.39 is 17.6 Å². The summed E-state index contributed by atoms with van der Waals surface area (Å²) >= 11 is 5.99. The van der Waals surface area contributed by atoms with Gasteiger partial charge in [-0.25, -0.2) is 4.79 Å². The maximum atomic E-state index is 12.4. The SMILES string of the molecule is CC(C)(C)OC(=O)NCCc1ccc(NC(=O)c2c(Cl)ccc(N)c2O)cc1. The number of anilines is 2. The number of ether oxygens (including phenoxy) is 1. The van der Waals surface area contributed by atoms with Gasteiger partial charge in [0, 0.05) is 12.2 Å². The van der Waals surface area contributed by atoms with E-state index in [-0.39, 0.29) is 22.0 Å². The van der Waals surface area contributed by atoms with Crippen LogP contribution in [0, 0.1) is 0 Å². The second-order valence-corrected chi connectivity index (χ2v) is 7.60. The molecule has 0 saturated heterocycles. The molecule has 0 atom stereocenters. The number of halogens is 1. The van der Waals surface area contributed by atoms with Gasteiger partial charge in [0.15, 0.2) is 5.75 Å². The number of carbonyl (C=O) groups excluding carboxylic acids is 2. The number of amides is 2. The van der Waals surface area contributed by atoms with E-state index in [4.69, 9.17) is 22.1 Å². The lowest BCUT2D eigenvalue weighted by Gasteiger charge is -2.19. The quantitative estimate of drug-likeness (QED) is 0.444. The van der Waals surface area contributed by atoms with Gasteiger partial charge in [0.05, 0.1) is 10.7 Å². The third kappa shape index (κ3) is 6.06. The molecule has 0 radical (unpaired) electrons. The predicted molar refractivity (Wildman–Crippen MR) is 110 cm³/mol. The summed E-state index contributed by atoms with van der Waals surface area (Å²) in [5.41, 5.74) is 6.58. The van der Waals surface area contributed by atoms with Crippen molar-refractivity contribution in [1.82, 2.24) is 5.32 Å². The second-order valence-electron chi connectivity index (χ2n) is 7.19. The van der Waals surface area contributed by atoms with Crippen LogP contribution in [-0.2, 0) is 11.2 Å². The molecule has 7 nitrogen and oxygen atoms in total. The van der Waals surface area contributed by atoms with Gasteiger partial charge in [-0.3, -0.25) is 4.79 Å². The molecule has 2 aromatic carbocycles. The third-order valence-corrected chi connectivity index (χ3v) is 3.99. The Morgan fingerprint density at radius 1 is 1.14 bits per heavy atom. The molecule has 0 saturated carbocycles. The van der Waals surface area contributed by atoms with E-state index in [1.807, 2.05) is 12.1 Å². The molecular weight excluding hydrogens is 382 g/mol. The average Bonchev–Trinajstić information content (AvgIpc) is 2.58.